The molecule has 0 aromatic heterocycles. The summed E-state index contributed by atoms with van der Waals surface area (Å²) in [7, 11) is 0. The lowest BCUT2D eigenvalue weighted by Crippen LogP contribution is -2.37. The van der Waals surface area contributed by atoms with E-state index in [2.05, 4.69) is 19.1 Å². The van der Waals surface area contributed by atoms with Crippen molar-refractivity contribution < 1.29 is 13.5 Å². The third-order valence-electron chi connectivity index (χ3n) is 11.0. The van der Waals surface area contributed by atoms with Crippen LogP contribution in [0.15, 0.2) is 24.3 Å². The minimum atomic E-state index is -1.48. The van der Waals surface area contributed by atoms with Crippen LogP contribution in [-0.4, -0.2) is 12.7 Å². The molecule has 0 aromatic rings. The Kier molecular flexibility index (Phi) is 12.5. The first kappa shape index (κ1) is 29.3. The Labute approximate surface area is 227 Å². The Morgan fingerprint density at radius 1 is 0.649 bits per heavy atom. The molecule has 37 heavy (non-hydrogen) atoms. The van der Waals surface area contributed by atoms with Crippen molar-refractivity contribution in [1.82, 2.24) is 0 Å². The first-order valence-corrected chi connectivity index (χ1v) is 16.4. The van der Waals surface area contributed by atoms with Crippen LogP contribution in [0.3, 0.4) is 0 Å². The van der Waals surface area contributed by atoms with Gasteiger partial charge < -0.3 is 4.74 Å². The van der Waals surface area contributed by atoms with Crippen molar-refractivity contribution in [2.24, 2.45) is 41.4 Å². The van der Waals surface area contributed by atoms with E-state index in [0.29, 0.717) is 6.10 Å². The molecule has 2 atom stereocenters. The van der Waals surface area contributed by atoms with E-state index in [1.54, 1.807) is 0 Å². The minimum Gasteiger partial charge on any atom is -0.378 e. The summed E-state index contributed by atoms with van der Waals surface area (Å²) in [6.45, 7) is 3.18. The fourth-order valence-corrected chi connectivity index (χ4v) is 8.52. The maximum Gasteiger partial charge on any atom is 0.266 e. The van der Waals surface area contributed by atoms with Gasteiger partial charge in [0.15, 0.2) is 0 Å². The Balaban J connectivity index is 1.03. The zero-order valence-corrected chi connectivity index (χ0v) is 23.9. The normalized spacial score (nSPS) is 37.5. The minimum absolute atomic E-state index is 0.133. The Hall–Kier alpha value is -0.700. The van der Waals surface area contributed by atoms with Crippen molar-refractivity contribution in [3.05, 3.63) is 24.3 Å². The largest absolute Gasteiger partial charge is 0.378 e. The molecule has 1 aliphatic heterocycles. The lowest BCUT2D eigenvalue weighted by atomic mass is 9.71. The monoisotopic (exact) mass is 518 g/mol. The van der Waals surface area contributed by atoms with E-state index < -0.39 is 6.08 Å². The molecule has 1 saturated heterocycles. The highest BCUT2D eigenvalue weighted by atomic mass is 19.3. The van der Waals surface area contributed by atoms with Crippen molar-refractivity contribution >= 4 is 0 Å². The molecule has 1 nitrogen and oxygen atoms in total. The summed E-state index contributed by atoms with van der Waals surface area (Å²) in [5, 5.41) is 0. The van der Waals surface area contributed by atoms with Crippen LogP contribution in [0.1, 0.15) is 135 Å². The number of rotatable bonds is 11. The zero-order chi connectivity index (χ0) is 25.9. The van der Waals surface area contributed by atoms with Crippen LogP contribution >= 0.6 is 0 Å². The standard InChI is InChI=1S/C34H56F2O/c1-2-3-4-7-27-14-18-30(19-15-27)32-22-23-33(37-25-32)31-20-16-28(17-21-31)9-6-5-8-26-10-12-29(13-11-26)24-34(35)36/h2-3,24,26-33H,4-23,25H2,1H3/b3-2+. The molecule has 0 N–H and O–H groups in total. The molecule has 2 unspecified atom stereocenters. The van der Waals surface area contributed by atoms with Crippen molar-refractivity contribution in [3.63, 3.8) is 0 Å². The molecule has 0 radical (unpaired) electrons. The topological polar surface area (TPSA) is 9.23 Å². The lowest BCUT2D eigenvalue weighted by molar-refractivity contribution is -0.0741. The third kappa shape index (κ3) is 9.77. The van der Waals surface area contributed by atoms with Gasteiger partial charge in [-0.15, -0.1) is 0 Å². The highest BCUT2D eigenvalue weighted by Gasteiger charge is 2.35. The summed E-state index contributed by atoms with van der Waals surface area (Å²) in [5.74, 6) is 5.40. The predicted octanol–water partition coefficient (Wildman–Crippen LogP) is 10.9. The fraction of sp³-hybridized carbons (Fsp3) is 0.882. The van der Waals surface area contributed by atoms with Gasteiger partial charge in [0.2, 0.25) is 0 Å². The summed E-state index contributed by atoms with van der Waals surface area (Å²) in [5.41, 5.74) is 0. The molecular formula is C34H56F2O. The molecule has 3 aliphatic carbocycles. The molecule has 3 heteroatoms. The second-order valence-electron chi connectivity index (χ2n) is 13.4. The van der Waals surface area contributed by atoms with Crippen molar-refractivity contribution in [2.45, 2.75) is 141 Å². The number of halogens is 2. The molecular weight excluding hydrogens is 462 g/mol. The quantitative estimate of drug-likeness (QED) is 0.195. The Morgan fingerprint density at radius 2 is 1.19 bits per heavy atom. The molecule has 3 saturated carbocycles. The molecule has 4 fully saturated rings. The first-order chi connectivity index (χ1) is 18.1. The first-order valence-electron chi connectivity index (χ1n) is 16.4. The van der Waals surface area contributed by atoms with Gasteiger partial charge in [0.05, 0.1) is 12.7 Å². The maximum atomic E-state index is 12.5. The highest BCUT2D eigenvalue weighted by molar-refractivity contribution is 4.91. The Bertz CT molecular complexity index is 666. The zero-order valence-electron chi connectivity index (χ0n) is 23.9. The SMILES string of the molecule is C/C=C/CCC1CCC(C2CCC(C3CCC(CCCCC4CCC(C=C(F)F)CC4)CC3)OC2)CC1. The number of allylic oxidation sites excluding steroid dienone is 3. The van der Waals surface area contributed by atoms with Gasteiger partial charge in [0.25, 0.3) is 6.08 Å². The Morgan fingerprint density at radius 3 is 1.73 bits per heavy atom. The molecule has 0 amide bonds. The lowest BCUT2D eigenvalue weighted by Gasteiger charge is -2.41. The van der Waals surface area contributed by atoms with Gasteiger partial charge in [-0.2, -0.15) is 8.78 Å². The summed E-state index contributed by atoms with van der Waals surface area (Å²) >= 11 is 0. The molecule has 0 spiro atoms. The van der Waals surface area contributed by atoms with Crippen LogP contribution in [-0.2, 0) is 4.74 Å². The average molecular weight is 519 g/mol. The number of unbranched alkanes of at least 4 members (excludes halogenated alkanes) is 1. The summed E-state index contributed by atoms with van der Waals surface area (Å²) in [6, 6.07) is 0. The van der Waals surface area contributed by atoms with Crippen LogP contribution < -0.4 is 0 Å². The molecule has 1 heterocycles. The van der Waals surface area contributed by atoms with Gasteiger partial charge in [-0.25, -0.2) is 0 Å². The predicted molar refractivity (Wildman–Crippen MR) is 152 cm³/mol. The van der Waals surface area contributed by atoms with Crippen LogP contribution in [0.5, 0.6) is 0 Å². The third-order valence-corrected chi connectivity index (χ3v) is 11.0. The number of ether oxygens (including phenoxy) is 1. The van der Waals surface area contributed by atoms with Gasteiger partial charge in [-0.3, -0.25) is 0 Å². The molecule has 4 rings (SSSR count). The summed E-state index contributed by atoms with van der Waals surface area (Å²) in [6.07, 6.45) is 31.3. The number of hydrogen-bond acceptors (Lipinski definition) is 1. The molecule has 0 aromatic carbocycles. The summed E-state index contributed by atoms with van der Waals surface area (Å²) < 4.78 is 31.5. The van der Waals surface area contributed by atoms with Crippen molar-refractivity contribution in [2.75, 3.05) is 6.61 Å². The van der Waals surface area contributed by atoms with E-state index in [4.69, 9.17) is 4.74 Å². The van der Waals surface area contributed by atoms with Crippen molar-refractivity contribution in [1.29, 1.82) is 0 Å². The smallest absolute Gasteiger partial charge is 0.266 e. The maximum absolute atomic E-state index is 12.5. The van der Waals surface area contributed by atoms with Gasteiger partial charge in [-0.1, -0.05) is 63.5 Å². The van der Waals surface area contributed by atoms with E-state index >= 15 is 0 Å². The van der Waals surface area contributed by atoms with E-state index in [1.165, 1.54) is 109 Å². The average Bonchev–Trinajstić information content (AvgIpc) is 2.93. The van der Waals surface area contributed by atoms with Gasteiger partial charge in [0, 0.05) is 0 Å². The van der Waals surface area contributed by atoms with E-state index in [9.17, 15) is 8.78 Å². The fourth-order valence-electron chi connectivity index (χ4n) is 8.52. The van der Waals surface area contributed by atoms with Gasteiger partial charge >= 0.3 is 0 Å². The van der Waals surface area contributed by atoms with Crippen LogP contribution in [0.2, 0.25) is 0 Å². The van der Waals surface area contributed by atoms with Crippen LogP contribution in [0, 0.1) is 41.4 Å². The second-order valence-corrected chi connectivity index (χ2v) is 13.4. The van der Waals surface area contributed by atoms with Crippen molar-refractivity contribution in [3.8, 4) is 0 Å². The summed E-state index contributed by atoms with van der Waals surface area (Å²) in [4.78, 5) is 0. The number of hydrogen-bond donors (Lipinski definition) is 0. The van der Waals surface area contributed by atoms with E-state index in [1.807, 2.05) is 0 Å². The van der Waals surface area contributed by atoms with Crippen LogP contribution in [0.25, 0.3) is 0 Å². The second kappa shape index (κ2) is 15.8. The van der Waals surface area contributed by atoms with Gasteiger partial charge in [-0.05, 0) is 131 Å². The molecule has 212 valence electrons. The molecule has 0 bridgehead atoms. The van der Waals surface area contributed by atoms with E-state index in [-0.39, 0.29) is 5.92 Å². The van der Waals surface area contributed by atoms with E-state index in [0.717, 1.165) is 67.8 Å². The van der Waals surface area contributed by atoms with Crippen LogP contribution in [0.4, 0.5) is 8.78 Å². The highest BCUT2D eigenvalue weighted by Crippen LogP contribution is 2.42. The molecule has 4 aliphatic rings. The van der Waals surface area contributed by atoms with Gasteiger partial charge in [0.1, 0.15) is 0 Å².